The van der Waals surface area contributed by atoms with Gasteiger partial charge in [-0.05, 0) is 49.5 Å². The summed E-state index contributed by atoms with van der Waals surface area (Å²) in [7, 11) is 1.38. The van der Waals surface area contributed by atoms with E-state index in [0.29, 0.717) is 17.1 Å². The Bertz CT molecular complexity index is 855. The summed E-state index contributed by atoms with van der Waals surface area (Å²) >= 11 is 5.61. The first-order chi connectivity index (χ1) is 12.0. The molecule has 0 spiro atoms. The molecule has 6 heteroatoms. The Hall–Kier alpha value is -2.60. The van der Waals surface area contributed by atoms with Crippen LogP contribution in [-0.2, 0) is 4.74 Å². The Labute approximate surface area is 151 Å². The van der Waals surface area contributed by atoms with Gasteiger partial charge in [0.1, 0.15) is 5.75 Å². The van der Waals surface area contributed by atoms with Gasteiger partial charge in [0, 0.05) is 17.7 Å². The highest BCUT2D eigenvalue weighted by Gasteiger charge is 2.48. The third-order valence-electron chi connectivity index (χ3n) is 4.71. The maximum Gasteiger partial charge on any atom is 0.337 e. The van der Waals surface area contributed by atoms with Gasteiger partial charge in [-0.1, -0.05) is 18.2 Å². The summed E-state index contributed by atoms with van der Waals surface area (Å²) < 4.78 is 11.2. The van der Waals surface area contributed by atoms with E-state index < -0.39 is 5.72 Å². The van der Waals surface area contributed by atoms with E-state index in [9.17, 15) is 4.79 Å². The zero-order chi connectivity index (χ0) is 17.6. The lowest BCUT2D eigenvalue weighted by atomic mass is 9.89. The topological polar surface area (TPSA) is 50.8 Å². The van der Waals surface area contributed by atoms with Crippen LogP contribution in [0.15, 0.2) is 48.5 Å². The highest BCUT2D eigenvalue weighted by Crippen LogP contribution is 2.45. The molecule has 128 valence electrons. The Morgan fingerprint density at radius 2 is 2.08 bits per heavy atom. The molecule has 0 unspecified atom stereocenters. The largest absolute Gasteiger partial charge is 0.467 e. The molecule has 2 bridgehead atoms. The Morgan fingerprint density at radius 3 is 2.80 bits per heavy atom. The van der Waals surface area contributed by atoms with Crippen LogP contribution >= 0.6 is 12.2 Å². The quantitative estimate of drug-likeness (QED) is 0.659. The first kappa shape index (κ1) is 15.9. The van der Waals surface area contributed by atoms with Crippen molar-refractivity contribution < 1.29 is 14.3 Å². The lowest BCUT2D eigenvalue weighted by molar-refractivity contribution is 0.0494. The number of thiocarbonyl (C=S) groups is 1. The molecule has 0 saturated carbocycles. The van der Waals surface area contributed by atoms with Gasteiger partial charge in [-0.2, -0.15) is 0 Å². The van der Waals surface area contributed by atoms with Crippen LogP contribution in [0.5, 0.6) is 5.75 Å². The maximum atomic E-state index is 11.8. The highest BCUT2D eigenvalue weighted by molar-refractivity contribution is 7.80. The number of benzene rings is 2. The van der Waals surface area contributed by atoms with Crippen LogP contribution in [0.25, 0.3) is 0 Å². The number of methoxy groups -OCH3 is 1. The average molecular weight is 354 g/mol. The summed E-state index contributed by atoms with van der Waals surface area (Å²) in [5.41, 5.74) is 1.83. The molecule has 0 aliphatic carbocycles. The number of anilines is 1. The summed E-state index contributed by atoms with van der Waals surface area (Å²) in [6.07, 6.45) is 0.708. The number of nitrogens with zero attached hydrogens (tertiary/aromatic N) is 1. The van der Waals surface area contributed by atoms with Crippen molar-refractivity contribution in [2.45, 2.75) is 25.1 Å². The molecule has 25 heavy (non-hydrogen) atoms. The van der Waals surface area contributed by atoms with Crippen molar-refractivity contribution in [2.75, 3.05) is 12.0 Å². The van der Waals surface area contributed by atoms with E-state index in [1.807, 2.05) is 54.3 Å². The molecule has 2 aromatic rings. The van der Waals surface area contributed by atoms with Crippen LogP contribution < -0.4 is 15.0 Å². The molecule has 4 rings (SSSR count). The van der Waals surface area contributed by atoms with E-state index in [1.54, 1.807) is 6.07 Å². The van der Waals surface area contributed by atoms with Crippen molar-refractivity contribution in [2.24, 2.45) is 0 Å². The van der Waals surface area contributed by atoms with E-state index >= 15 is 0 Å². The molecule has 1 fully saturated rings. The predicted molar refractivity (Wildman–Crippen MR) is 98.8 cm³/mol. The second-order valence-electron chi connectivity index (χ2n) is 6.40. The van der Waals surface area contributed by atoms with Gasteiger partial charge in [-0.15, -0.1) is 0 Å². The number of hydrogen-bond donors (Lipinski definition) is 1. The van der Waals surface area contributed by atoms with Crippen molar-refractivity contribution in [1.82, 2.24) is 5.32 Å². The van der Waals surface area contributed by atoms with Gasteiger partial charge in [0.05, 0.1) is 18.7 Å². The molecule has 2 aliphatic heterocycles. The van der Waals surface area contributed by atoms with Gasteiger partial charge in [0.15, 0.2) is 10.8 Å². The van der Waals surface area contributed by atoms with Crippen molar-refractivity contribution in [1.29, 1.82) is 0 Å². The van der Waals surface area contributed by atoms with Crippen LogP contribution in [0, 0.1) is 0 Å². The lowest BCUT2D eigenvalue weighted by Crippen LogP contribution is -2.65. The van der Waals surface area contributed by atoms with Gasteiger partial charge < -0.3 is 14.8 Å². The minimum absolute atomic E-state index is 0.00850. The van der Waals surface area contributed by atoms with Crippen LogP contribution in [0.4, 0.5) is 5.69 Å². The number of carbonyl (C=O) groups excluding carboxylic acids is 1. The molecule has 2 heterocycles. The zero-order valence-corrected chi connectivity index (χ0v) is 14.8. The monoisotopic (exact) mass is 354 g/mol. The minimum Gasteiger partial charge on any atom is -0.467 e. The first-order valence-corrected chi connectivity index (χ1v) is 8.50. The second-order valence-corrected chi connectivity index (χ2v) is 6.79. The molecule has 0 amide bonds. The Balaban J connectivity index is 1.76. The van der Waals surface area contributed by atoms with E-state index in [4.69, 9.17) is 21.7 Å². The van der Waals surface area contributed by atoms with E-state index in [1.165, 1.54) is 7.11 Å². The molecule has 2 aliphatic rings. The molecule has 1 saturated heterocycles. The zero-order valence-electron chi connectivity index (χ0n) is 14.0. The number of ether oxygens (including phenoxy) is 2. The van der Waals surface area contributed by atoms with Crippen LogP contribution in [0.1, 0.15) is 35.3 Å². The molecule has 0 radical (unpaired) electrons. The fraction of sp³-hybridized carbons (Fsp3) is 0.263. The normalized spacial score (nSPS) is 24.0. The van der Waals surface area contributed by atoms with Crippen molar-refractivity contribution in [3.05, 3.63) is 59.7 Å². The third kappa shape index (κ3) is 2.53. The summed E-state index contributed by atoms with van der Waals surface area (Å²) in [6, 6.07) is 15.3. The number of esters is 1. The highest BCUT2D eigenvalue weighted by atomic mass is 32.1. The summed E-state index contributed by atoms with van der Waals surface area (Å²) in [5.74, 6) is 0.391. The van der Waals surface area contributed by atoms with E-state index in [0.717, 1.165) is 17.0 Å². The van der Waals surface area contributed by atoms with Crippen molar-refractivity contribution in [3.8, 4) is 5.75 Å². The number of para-hydroxylation sites is 1. The van der Waals surface area contributed by atoms with Gasteiger partial charge >= 0.3 is 5.97 Å². The van der Waals surface area contributed by atoms with Crippen molar-refractivity contribution in [3.63, 3.8) is 0 Å². The molecular weight excluding hydrogens is 336 g/mol. The maximum absolute atomic E-state index is 11.8. The summed E-state index contributed by atoms with van der Waals surface area (Å²) in [6.45, 7) is 2.04. The second kappa shape index (κ2) is 5.74. The SMILES string of the molecule is COC(=O)c1ccc2c(c1)[C@@H]1C[C@](C)(O2)N(c2ccccc2)C(=S)N1. The molecule has 2 aromatic carbocycles. The summed E-state index contributed by atoms with van der Waals surface area (Å²) in [4.78, 5) is 13.8. The predicted octanol–water partition coefficient (Wildman–Crippen LogP) is 3.41. The summed E-state index contributed by atoms with van der Waals surface area (Å²) in [5, 5.41) is 4.00. The van der Waals surface area contributed by atoms with Gasteiger partial charge in [-0.25, -0.2) is 4.79 Å². The molecular formula is C19H18N2O3S. The number of rotatable bonds is 2. The van der Waals surface area contributed by atoms with Crippen LogP contribution in [0.3, 0.4) is 0 Å². The minimum atomic E-state index is -0.589. The van der Waals surface area contributed by atoms with Gasteiger partial charge in [0.2, 0.25) is 0 Å². The molecule has 1 N–H and O–H groups in total. The fourth-order valence-electron chi connectivity index (χ4n) is 3.59. The van der Waals surface area contributed by atoms with Gasteiger partial charge in [0.25, 0.3) is 0 Å². The number of carbonyl (C=O) groups is 1. The standard InChI is InChI=1S/C19H18N2O3S/c1-19-11-15(20-18(25)21(19)13-6-4-3-5-7-13)14-10-12(17(22)23-2)8-9-16(14)24-19/h3-10,15H,11H2,1-2H3,(H,20,25)/t15-,19-/m0/s1. The molecule has 0 aromatic heterocycles. The average Bonchev–Trinajstić information content (AvgIpc) is 2.61. The van der Waals surface area contributed by atoms with Crippen LogP contribution in [-0.4, -0.2) is 23.9 Å². The van der Waals surface area contributed by atoms with E-state index in [-0.39, 0.29) is 12.0 Å². The Morgan fingerprint density at radius 1 is 1.32 bits per heavy atom. The van der Waals surface area contributed by atoms with E-state index in [2.05, 4.69) is 5.32 Å². The Kier molecular flexibility index (Phi) is 3.65. The third-order valence-corrected chi connectivity index (χ3v) is 5.01. The number of nitrogens with one attached hydrogen (secondary N) is 1. The number of hydrogen-bond acceptors (Lipinski definition) is 4. The molecule has 5 nitrogen and oxygen atoms in total. The van der Waals surface area contributed by atoms with Gasteiger partial charge in [-0.3, -0.25) is 4.90 Å². The fourth-order valence-corrected chi connectivity index (χ4v) is 4.03. The van der Waals surface area contributed by atoms with Crippen molar-refractivity contribution >= 4 is 29.0 Å². The number of fused-ring (bicyclic) bond motifs is 4. The molecule has 2 atom stereocenters. The van der Waals surface area contributed by atoms with Crippen LogP contribution in [0.2, 0.25) is 0 Å². The lowest BCUT2D eigenvalue weighted by Gasteiger charge is -2.52. The smallest absolute Gasteiger partial charge is 0.337 e. The first-order valence-electron chi connectivity index (χ1n) is 8.09.